The first-order chi connectivity index (χ1) is 9.88. The fraction of sp³-hybridized carbons (Fsp3) is 0.500. The number of nitrogen functional groups attached to an aromatic ring is 1. The number of nitrogens with zero attached hydrogens (tertiary/aromatic N) is 3. The highest BCUT2D eigenvalue weighted by Gasteiger charge is 2.28. The Balaban J connectivity index is 2.00. The fourth-order valence-electron chi connectivity index (χ4n) is 2.27. The zero-order valence-electron chi connectivity index (χ0n) is 12.4. The molecule has 1 saturated heterocycles. The predicted molar refractivity (Wildman–Crippen MR) is 81.7 cm³/mol. The summed E-state index contributed by atoms with van der Waals surface area (Å²) in [5.74, 6) is -0.169. The molecule has 2 rings (SSSR count). The van der Waals surface area contributed by atoms with Gasteiger partial charge in [-0.3, -0.25) is 9.48 Å². The molecule has 1 unspecified atom stereocenters. The van der Waals surface area contributed by atoms with E-state index in [1.54, 1.807) is 22.0 Å². The molecule has 5 N–H and O–H groups in total. The first kappa shape index (κ1) is 15.1. The molecule has 0 bridgehead atoms. The smallest absolute Gasteiger partial charge is 0.269 e. The minimum atomic E-state index is -0.219. The van der Waals surface area contributed by atoms with E-state index < -0.39 is 0 Å². The first-order valence-corrected chi connectivity index (χ1v) is 7.03. The standard InChI is InChI=1S/C14H22N6O/c1-9(2)12(16)5-13(17)14(21)19-4-3-11(8-19)20-7-10(15)6-18-20/h5-7,9,11,16H,3-4,8,15,17H2,1-2H3/b13-5-,16-12?. The second-order valence-electron chi connectivity index (χ2n) is 5.66. The van der Waals surface area contributed by atoms with Gasteiger partial charge in [0.1, 0.15) is 0 Å². The van der Waals surface area contributed by atoms with Crippen molar-refractivity contribution in [2.75, 3.05) is 18.8 Å². The highest BCUT2D eigenvalue weighted by atomic mass is 16.2. The third kappa shape index (κ3) is 3.42. The third-order valence-corrected chi connectivity index (χ3v) is 3.63. The number of hydrogen-bond acceptors (Lipinski definition) is 5. The number of anilines is 1. The summed E-state index contributed by atoms with van der Waals surface area (Å²) in [6.07, 6.45) is 5.64. The Morgan fingerprint density at radius 3 is 2.86 bits per heavy atom. The number of hydrogen-bond donors (Lipinski definition) is 3. The van der Waals surface area contributed by atoms with Crippen molar-refractivity contribution < 1.29 is 4.79 Å². The Kier molecular flexibility index (Phi) is 4.30. The van der Waals surface area contributed by atoms with Crippen LogP contribution in [0.1, 0.15) is 26.3 Å². The molecule has 1 aliphatic rings. The van der Waals surface area contributed by atoms with Crippen LogP contribution < -0.4 is 11.5 Å². The van der Waals surface area contributed by atoms with E-state index in [1.807, 2.05) is 13.8 Å². The first-order valence-electron chi connectivity index (χ1n) is 7.03. The summed E-state index contributed by atoms with van der Waals surface area (Å²) in [5.41, 5.74) is 12.6. The molecule has 21 heavy (non-hydrogen) atoms. The van der Waals surface area contributed by atoms with Crippen LogP contribution >= 0.6 is 0 Å². The Labute approximate surface area is 124 Å². The molecule has 1 aliphatic heterocycles. The van der Waals surface area contributed by atoms with Crippen LogP contribution in [0.4, 0.5) is 5.69 Å². The number of carbonyl (C=O) groups is 1. The largest absolute Gasteiger partial charge is 0.396 e. The summed E-state index contributed by atoms with van der Waals surface area (Å²) in [5, 5.41) is 11.9. The summed E-state index contributed by atoms with van der Waals surface area (Å²) in [7, 11) is 0. The molecule has 0 saturated carbocycles. The minimum absolute atomic E-state index is 0.0507. The highest BCUT2D eigenvalue weighted by molar-refractivity contribution is 6.02. The number of allylic oxidation sites excluding steroid dienone is 1. The van der Waals surface area contributed by atoms with E-state index in [2.05, 4.69) is 5.10 Å². The number of nitrogens with two attached hydrogens (primary N) is 2. The van der Waals surface area contributed by atoms with E-state index in [1.165, 1.54) is 6.08 Å². The monoisotopic (exact) mass is 290 g/mol. The van der Waals surface area contributed by atoms with Crippen LogP contribution in [0.15, 0.2) is 24.2 Å². The third-order valence-electron chi connectivity index (χ3n) is 3.63. The van der Waals surface area contributed by atoms with Gasteiger partial charge >= 0.3 is 0 Å². The topological polar surface area (TPSA) is 114 Å². The average molecular weight is 290 g/mol. The SMILES string of the molecule is CC(C)C(=N)/C=C(\N)C(=O)N1CCC(n2cc(N)cn2)C1. The lowest BCUT2D eigenvalue weighted by Gasteiger charge is -2.17. The van der Waals surface area contributed by atoms with Gasteiger partial charge in [0.2, 0.25) is 0 Å². The van der Waals surface area contributed by atoms with Crippen molar-refractivity contribution in [3.63, 3.8) is 0 Å². The van der Waals surface area contributed by atoms with Gasteiger partial charge in [-0.05, 0) is 18.4 Å². The number of carbonyl (C=O) groups excluding carboxylic acids is 1. The Hall–Kier alpha value is -2.31. The summed E-state index contributed by atoms with van der Waals surface area (Å²) in [4.78, 5) is 14.0. The number of likely N-dealkylation sites (tertiary alicyclic amines) is 1. The van der Waals surface area contributed by atoms with Gasteiger partial charge in [-0.2, -0.15) is 5.10 Å². The number of amides is 1. The van der Waals surface area contributed by atoms with E-state index in [9.17, 15) is 4.79 Å². The number of rotatable bonds is 4. The molecule has 1 aromatic rings. The molecule has 114 valence electrons. The van der Waals surface area contributed by atoms with E-state index in [-0.39, 0.29) is 23.6 Å². The van der Waals surface area contributed by atoms with E-state index in [0.717, 1.165) is 6.42 Å². The van der Waals surface area contributed by atoms with Crippen molar-refractivity contribution in [3.8, 4) is 0 Å². The molecule has 0 aromatic carbocycles. The summed E-state index contributed by atoms with van der Waals surface area (Å²) in [6, 6.07) is 0.128. The second-order valence-corrected chi connectivity index (χ2v) is 5.66. The van der Waals surface area contributed by atoms with Crippen molar-refractivity contribution >= 4 is 17.3 Å². The predicted octanol–water partition coefficient (Wildman–Crippen LogP) is 0.757. The zero-order chi connectivity index (χ0) is 15.6. The zero-order valence-corrected chi connectivity index (χ0v) is 12.4. The number of nitrogens with one attached hydrogen (secondary N) is 1. The lowest BCUT2D eigenvalue weighted by molar-refractivity contribution is -0.126. The molecule has 1 aromatic heterocycles. The average Bonchev–Trinajstić information content (AvgIpc) is 3.05. The van der Waals surface area contributed by atoms with Gasteiger partial charge in [0.15, 0.2) is 0 Å². The van der Waals surface area contributed by atoms with Crippen LogP contribution in [0.2, 0.25) is 0 Å². The fourth-order valence-corrected chi connectivity index (χ4v) is 2.27. The van der Waals surface area contributed by atoms with Gasteiger partial charge < -0.3 is 21.8 Å². The van der Waals surface area contributed by atoms with Crippen LogP contribution in [0.25, 0.3) is 0 Å². The Morgan fingerprint density at radius 2 is 2.29 bits per heavy atom. The molecule has 0 radical (unpaired) electrons. The van der Waals surface area contributed by atoms with Gasteiger partial charge in [-0.15, -0.1) is 0 Å². The maximum Gasteiger partial charge on any atom is 0.269 e. The van der Waals surface area contributed by atoms with Gasteiger partial charge in [-0.25, -0.2) is 0 Å². The molecule has 7 nitrogen and oxygen atoms in total. The van der Waals surface area contributed by atoms with Crippen molar-refractivity contribution in [1.82, 2.24) is 14.7 Å². The van der Waals surface area contributed by atoms with E-state index >= 15 is 0 Å². The van der Waals surface area contributed by atoms with Crippen LogP contribution in [-0.4, -0.2) is 39.4 Å². The molecule has 7 heteroatoms. The molecule has 2 heterocycles. The molecule has 0 spiro atoms. The second kappa shape index (κ2) is 5.99. The Morgan fingerprint density at radius 1 is 1.57 bits per heavy atom. The normalized spacial score (nSPS) is 19.3. The van der Waals surface area contributed by atoms with Gasteiger partial charge in [0, 0.05) is 25.0 Å². The molecule has 1 amide bonds. The Bertz CT molecular complexity index is 574. The quantitative estimate of drug-likeness (QED) is 0.561. The van der Waals surface area contributed by atoms with Gasteiger partial charge in [0.05, 0.1) is 23.6 Å². The van der Waals surface area contributed by atoms with E-state index in [4.69, 9.17) is 16.9 Å². The lowest BCUT2D eigenvalue weighted by atomic mass is 10.1. The van der Waals surface area contributed by atoms with Crippen molar-refractivity contribution in [2.45, 2.75) is 26.3 Å². The van der Waals surface area contributed by atoms with Gasteiger partial charge in [-0.1, -0.05) is 13.8 Å². The minimum Gasteiger partial charge on any atom is -0.396 e. The molecular formula is C14H22N6O. The summed E-state index contributed by atoms with van der Waals surface area (Å²) >= 11 is 0. The molecule has 0 aliphatic carbocycles. The lowest BCUT2D eigenvalue weighted by Crippen LogP contribution is -2.33. The maximum absolute atomic E-state index is 12.3. The highest BCUT2D eigenvalue weighted by Crippen LogP contribution is 2.22. The van der Waals surface area contributed by atoms with Crippen LogP contribution in [0.3, 0.4) is 0 Å². The maximum atomic E-state index is 12.3. The van der Waals surface area contributed by atoms with Crippen molar-refractivity contribution in [3.05, 3.63) is 24.2 Å². The molecule has 1 atom stereocenters. The van der Waals surface area contributed by atoms with Gasteiger partial charge in [0.25, 0.3) is 5.91 Å². The van der Waals surface area contributed by atoms with Crippen LogP contribution in [-0.2, 0) is 4.79 Å². The summed E-state index contributed by atoms with van der Waals surface area (Å²) < 4.78 is 1.79. The van der Waals surface area contributed by atoms with Crippen LogP contribution in [0.5, 0.6) is 0 Å². The number of aromatic nitrogens is 2. The molecular weight excluding hydrogens is 268 g/mol. The van der Waals surface area contributed by atoms with E-state index in [0.29, 0.717) is 24.5 Å². The van der Waals surface area contributed by atoms with Crippen molar-refractivity contribution in [1.29, 1.82) is 5.41 Å². The van der Waals surface area contributed by atoms with Crippen LogP contribution in [0, 0.1) is 11.3 Å². The summed E-state index contributed by atoms with van der Waals surface area (Å²) in [6.45, 7) is 4.98. The van der Waals surface area contributed by atoms with Crippen molar-refractivity contribution in [2.24, 2.45) is 11.7 Å². The molecule has 1 fully saturated rings.